The summed E-state index contributed by atoms with van der Waals surface area (Å²) in [6.07, 6.45) is -0.213. The molecular weight excluding hydrogens is 424 g/mol. The lowest BCUT2D eigenvalue weighted by atomic mass is 10.1. The lowest BCUT2D eigenvalue weighted by Crippen LogP contribution is -2.30. The number of amides is 1. The summed E-state index contributed by atoms with van der Waals surface area (Å²) >= 11 is 0. The van der Waals surface area contributed by atoms with Crippen LogP contribution in [0.2, 0.25) is 0 Å². The minimum atomic E-state index is -3.90. The van der Waals surface area contributed by atoms with Crippen molar-refractivity contribution in [3.8, 4) is 0 Å². The van der Waals surface area contributed by atoms with Crippen molar-refractivity contribution >= 4 is 27.6 Å². The molecule has 1 amide bonds. The Labute approximate surface area is 179 Å². The molecule has 0 saturated carbocycles. The van der Waals surface area contributed by atoms with Gasteiger partial charge >= 0.3 is 0 Å². The maximum Gasteiger partial charge on any atom is 0.272 e. The van der Waals surface area contributed by atoms with Crippen LogP contribution in [-0.2, 0) is 31.8 Å². The summed E-state index contributed by atoms with van der Waals surface area (Å²) < 4.78 is 27.7. The van der Waals surface area contributed by atoms with Crippen molar-refractivity contribution in [3.05, 3.63) is 63.1 Å². The van der Waals surface area contributed by atoms with Gasteiger partial charge in [-0.2, -0.15) is 0 Å². The van der Waals surface area contributed by atoms with Gasteiger partial charge in [0.25, 0.3) is 5.56 Å². The van der Waals surface area contributed by atoms with Gasteiger partial charge in [0.1, 0.15) is 12.3 Å². The maximum atomic E-state index is 12.7. The Hall–Kier alpha value is -3.54. The van der Waals surface area contributed by atoms with E-state index in [4.69, 9.17) is 16.3 Å². The zero-order valence-electron chi connectivity index (χ0n) is 17.3. The molecule has 12 heteroatoms. The van der Waals surface area contributed by atoms with Gasteiger partial charge in [-0.1, -0.05) is 24.3 Å². The average molecular weight is 451 g/mol. The fourth-order valence-electron chi connectivity index (χ4n) is 2.77. The van der Waals surface area contributed by atoms with Crippen molar-refractivity contribution in [2.24, 2.45) is 16.6 Å². The van der Waals surface area contributed by atoms with Crippen molar-refractivity contribution in [1.82, 2.24) is 10.3 Å². The number of nitrogens with zero attached hydrogens (tertiary/aromatic N) is 1. The lowest BCUT2D eigenvalue weighted by molar-refractivity contribution is -0.120. The van der Waals surface area contributed by atoms with E-state index in [0.717, 1.165) is 5.56 Å². The van der Waals surface area contributed by atoms with Gasteiger partial charge in [-0.05, 0) is 41.8 Å². The van der Waals surface area contributed by atoms with Gasteiger partial charge in [-0.25, -0.2) is 8.42 Å². The molecule has 0 unspecified atom stereocenters. The van der Waals surface area contributed by atoms with Gasteiger partial charge in [0.2, 0.25) is 21.9 Å². The fourth-order valence-corrected chi connectivity index (χ4v) is 4.11. The second kappa shape index (κ2) is 10.5. The SMILES string of the molecule is Cc1cc(CC(=O)NCCON=C(N)N)c(NS(=O)(=O)Cc2ccccc2C)c(=O)[nH]1. The predicted octanol–water partition coefficient (Wildman–Crippen LogP) is -0.203. The first-order chi connectivity index (χ1) is 14.6. The highest BCUT2D eigenvalue weighted by Gasteiger charge is 2.19. The highest BCUT2D eigenvalue weighted by molar-refractivity contribution is 7.91. The molecule has 1 aromatic heterocycles. The van der Waals surface area contributed by atoms with Gasteiger partial charge in [-0.3, -0.25) is 14.3 Å². The molecule has 7 N–H and O–H groups in total. The number of aromatic nitrogens is 1. The number of pyridine rings is 1. The van der Waals surface area contributed by atoms with Crippen molar-refractivity contribution in [1.29, 1.82) is 0 Å². The van der Waals surface area contributed by atoms with Gasteiger partial charge in [0.05, 0.1) is 18.7 Å². The molecule has 0 aliphatic heterocycles. The third kappa shape index (κ3) is 7.66. The number of nitrogens with two attached hydrogens (primary N) is 2. The highest BCUT2D eigenvalue weighted by atomic mass is 32.2. The number of guanidine groups is 1. The summed E-state index contributed by atoms with van der Waals surface area (Å²) in [7, 11) is -3.90. The molecule has 0 spiro atoms. The summed E-state index contributed by atoms with van der Waals surface area (Å²) in [6, 6.07) is 8.59. The van der Waals surface area contributed by atoms with Crippen molar-refractivity contribution < 1.29 is 18.0 Å². The number of carbonyl (C=O) groups is 1. The number of aryl methyl sites for hydroxylation is 2. The second-order valence-corrected chi connectivity index (χ2v) is 8.57. The molecule has 0 aliphatic rings. The molecule has 1 heterocycles. The van der Waals surface area contributed by atoms with E-state index in [2.05, 4.69) is 20.2 Å². The number of rotatable bonds is 10. The van der Waals surface area contributed by atoms with E-state index in [1.165, 1.54) is 0 Å². The van der Waals surface area contributed by atoms with E-state index < -0.39 is 21.5 Å². The summed E-state index contributed by atoms with van der Waals surface area (Å²) in [5, 5.41) is 5.90. The predicted molar refractivity (Wildman–Crippen MR) is 118 cm³/mol. The minimum Gasteiger partial charge on any atom is -0.391 e. The number of anilines is 1. The molecule has 0 fully saturated rings. The molecule has 0 bridgehead atoms. The maximum absolute atomic E-state index is 12.7. The molecule has 0 aliphatic carbocycles. The van der Waals surface area contributed by atoms with E-state index in [1.807, 2.05) is 6.07 Å². The molecule has 1 aromatic carbocycles. The molecule has 2 rings (SSSR count). The number of aromatic amines is 1. The normalized spacial score (nSPS) is 10.9. The van der Waals surface area contributed by atoms with Crippen LogP contribution in [0.15, 0.2) is 40.3 Å². The summed E-state index contributed by atoms with van der Waals surface area (Å²) in [6.45, 7) is 3.59. The van der Waals surface area contributed by atoms with Crippen LogP contribution in [-0.4, -0.2) is 38.4 Å². The van der Waals surface area contributed by atoms with Crippen LogP contribution < -0.4 is 27.1 Å². The first kappa shape index (κ1) is 23.7. The number of sulfonamides is 1. The van der Waals surface area contributed by atoms with Gasteiger partial charge in [0.15, 0.2) is 0 Å². The zero-order chi connectivity index (χ0) is 23.0. The average Bonchev–Trinajstić information content (AvgIpc) is 2.66. The Bertz CT molecular complexity index is 1120. The van der Waals surface area contributed by atoms with E-state index in [9.17, 15) is 18.0 Å². The molecule has 11 nitrogen and oxygen atoms in total. The first-order valence-electron chi connectivity index (χ1n) is 9.33. The van der Waals surface area contributed by atoms with Gasteiger partial charge in [0, 0.05) is 5.69 Å². The molecule has 31 heavy (non-hydrogen) atoms. The van der Waals surface area contributed by atoms with Crippen LogP contribution in [0, 0.1) is 13.8 Å². The number of carbonyl (C=O) groups excluding carboxylic acids is 1. The Kier molecular flexibility index (Phi) is 8.02. The van der Waals surface area contributed by atoms with Crippen molar-refractivity contribution in [3.63, 3.8) is 0 Å². The minimum absolute atomic E-state index is 0.0357. The third-order valence-electron chi connectivity index (χ3n) is 4.15. The number of oxime groups is 1. The standard InChI is InChI=1S/C19H26N6O5S/c1-12-5-3-4-6-14(12)11-31(28,29)25-17-15(9-13(2)23-18(17)27)10-16(26)22-7-8-30-24-19(20)21/h3-6,9,25H,7-8,10-11H2,1-2H3,(H,22,26)(H,23,27)(H4,20,21,24). The van der Waals surface area contributed by atoms with Crippen LogP contribution in [0.3, 0.4) is 0 Å². The monoisotopic (exact) mass is 450 g/mol. The third-order valence-corrected chi connectivity index (χ3v) is 5.36. The summed E-state index contributed by atoms with van der Waals surface area (Å²) in [5.41, 5.74) is 11.6. The van der Waals surface area contributed by atoms with Crippen LogP contribution in [0.25, 0.3) is 0 Å². The second-order valence-electron chi connectivity index (χ2n) is 6.85. The largest absolute Gasteiger partial charge is 0.391 e. The first-order valence-corrected chi connectivity index (χ1v) is 11.0. The van der Waals surface area contributed by atoms with Crippen LogP contribution in [0.1, 0.15) is 22.4 Å². The quantitative estimate of drug-likeness (QED) is 0.144. The Morgan fingerprint density at radius 2 is 1.90 bits per heavy atom. The number of hydrogen-bond acceptors (Lipinski definition) is 6. The lowest BCUT2D eigenvalue weighted by Gasteiger charge is -2.13. The topological polar surface area (TPSA) is 182 Å². The molecule has 168 valence electrons. The zero-order valence-corrected chi connectivity index (χ0v) is 18.1. The van der Waals surface area contributed by atoms with E-state index in [1.54, 1.807) is 38.1 Å². The smallest absolute Gasteiger partial charge is 0.272 e. The van der Waals surface area contributed by atoms with Crippen molar-refractivity contribution in [2.45, 2.75) is 26.0 Å². The van der Waals surface area contributed by atoms with Crippen molar-refractivity contribution in [2.75, 3.05) is 17.9 Å². The molecule has 2 aromatic rings. The molecule has 0 atom stereocenters. The number of hydrogen-bond donors (Lipinski definition) is 5. The van der Waals surface area contributed by atoms with E-state index in [0.29, 0.717) is 11.3 Å². The highest BCUT2D eigenvalue weighted by Crippen LogP contribution is 2.17. The van der Waals surface area contributed by atoms with Gasteiger partial charge in [-0.15, -0.1) is 0 Å². The van der Waals surface area contributed by atoms with Gasteiger partial charge < -0.3 is 26.6 Å². The van der Waals surface area contributed by atoms with Crippen LogP contribution >= 0.6 is 0 Å². The Balaban J connectivity index is 2.13. The van der Waals surface area contributed by atoms with Crippen LogP contribution in [0.4, 0.5) is 5.69 Å². The fraction of sp³-hybridized carbons (Fsp3) is 0.316. The Morgan fingerprint density at radius 3 is 2.58 bits per heavy atom. The summed E-state index contributed by atoms with van der Waals surface area (Å²) in [5.74, 6) is -0.980. The number of nitrogens with one attached hydrogen (secondary N) is 3. The molecular formula is C19H26N6O5S. The molecule has 0 saturated heterocycles. The van der Waals surface area contributed by atoms with E-state index >= 15 is 0 Å². The number of H-pyrrole nitrogens is 1. The molecule has 0 radical (unpaired) electrons. The number of benzene rings is 1. The summed E-state index contributed by atoms with van der Waals surface area (Å²) in [4.78, 5) is 32.0. The van der Waals surface area contributed by atoms with E-state index in [-0.39, 0.29) is 42.5 Å². The Morgan fingerprint density at radius 1 is 1.19 bits per heavy atom. The van der Waals surface area contributed by atoms with Crippen LogP contribution in [0.5, 0.6) is 0 Å².